The van der Waals surface area contributed by atoms with Gasteiger partial charge in [-0.05, 0) is 37.6 Å². The molecule has 1 amide bonds. The zero-order chi connectivity index (χ0) is 14.7. The third kappa shape index (κ3) is 2.99. The molecule has 20 heavy (non-hydrogen) atoms. The van der Waals surface area contributed by atoms with Gasteiger partial charge in [-0.25, -0.2) is 9.97 Å². The number of halogens is 1. The van der Waals surface area contributed by atoms with E-state index in [1.165, 1.54) is 0 Å². The van der Waals surface area contributed by atoms with Crippen LogP contribution in [0.15, 0.2) is 24.3 Å². The van der Waals surface area contributed by atoms with E-state index in [0.717, 1.165) is 10.9 Å². The van der Waals surface area contributed by atoms with E-state index < -0.39 is 0 Å². The molecule has 1 heterocycles. The summed E-state index contributed by atoms with van der Waals surface area (Å²) in [5, 5.41) is 4.12. The lowest BCUT2D eigenvalue weighted by molar-refractivity contribution is -0.130. The number of hydrogen-bond acceptors (Lipinski definition) is 4. The summed E-state index contributed by atoms with van der Waals surface area (Å²) in [5.74, 6) is 0.581. The van der Waals surface area contributed by atoms with E-state index in [4.69, 9.17) is 11.6 Å². The first kappa shape index (κ1) is 14.5. The molecule has 0 spiro atoms. The Bertz CT molecular complexity index is 632. The molecule has 106 valence electrons. The molecular formula is C14H17ClN4O. The van der Waals surface area contributed by atoms with Crippen molar-refractivity contribution in [1.29, 1.82) is 0 Å². The highest BCUT2D eigenvalue weighted by molar-refractivity contribution is 6.28. The van der Waals surface area contributed by atoms with Crippen LogP contribution in [0.25, 0.3) is 10.9 Å². The second-order valence-corrected chi connectivity index (χ2v) is 4.91. The molecule has 5 nitrogen and oxygen atoms in total. The molecule has 0 aliphatic carbocycles. The molecule has 0 bridgehead atoms. The Hall–Kier alpha value is -1.88. The number of rotatable bonds is 4. The maximum Gasteiger partial charge on any atom is 0.244 e. The summed E-state index contributed by atoms with van der Waals surface area (Å²) in [5.41, 5.74) is 0.749. The zero-order valence-electron chi connectivity index (χ0n) is 11.7. The van der Waals surface area contributed by atoms with Crippen molar-refractivity contribution in [3.63, 3.8) is 0 Å². The quantitative estimate of drug-likeness (QED) is 0.880. The second-order valence-electron chi connectivity index (χ2n) is 4.58. The van der Waals surface area contributed by atoms with Crippen LogP contribution in [0.5, 0.6) is 0 Å². The molecule has 1 aromatic heterocycles. The molecular weight excluding hydrogens is 276 g/mol. The molecule has 6 heteroatoms. The minimum Gasteiger partial charge on any atom is -0.358 e. The average Bonchev–Trinajstić information content (AvgIpc) is 2.45. The minimum absolute atomic E-state index is 0.00585. The Morgan fingerprint density at radius 2 is 2.10 bits per heavy atom. The SMILES string of the molecule is CCN(C)C(=O)C(C)Nc1nc(Cl)nc2ccccc12. The Kier molecular flexibility index (Phi) is 4.39. The molecule has 1 atom stereocenters. The summed E-state index contributed by atoms with van der Waals surface area (Å²) in [6.07, 6.45) is 0. The van der Waals surface area contributed by atoms with Crippen molar-refractivity contribution in [2.75, 3.05) is 18.9 Å². The minimum atomic E-state index is -0.380. The van der Waals surface area contributed by atoms with Crippen molar-refractivity contribution < 1.29 is 4.79 Å². The first-order valence-corrected chi connectivity index (χ1v) is 6.84. The van der Waals surface area contributed by atoms with E-state index in [0.29, 0.717) is 12.4 Å². The maximum atomic E-state index is 12.1. The second kappa shape index (κ2) is 6.05. The summed E-state index contributed by atoms with van der Waals surface area (Å²) in [6, 6.07) is 7.16. The van der Waals surface area contributed by atoms with Crippen LogP contribution in [0.3, 0.4) is 0 Å². The summed E-state index contributed by atoms with van der Waals surface area (Å²) < 4.78 is 0. The lowest BCUT2D eigenvalue weighted by Crippen LogP contribution is -2.39. The van der Waals surface area contributed by atoms with Crippen LogP contribution < -0.4 is 5.32 Å². The highest BCUT2D eigenvalue weighted by atomic mass is 35.5. The van der Waals surface area contributed by atoms with E-state index in [1.807, 2.05) is 31.2 Å². The van der Waals surface area contributed by atoms with Gasteiger partial charge in [0.15, 0.2) is 0 Å². The van der Waals surface area contributed by atoms with Crippen molar-refractivity contribution in [3.05, 3.63) is 29.5 Å². The maximum absolute atomic E-state index is 12.1. The van der Waals surface area contributed by atoms with Crippen LogP contribution in [0, 0.1) is 0 Å². The van der Waals surface area contributed by atoms with Crippen LogP contribution in [0.4, 0.5) is 5.82 Å². The summed E-state index contributed by atoms with van der Waals surface area (Å²) >= 11 is 5.92. The van der Waals surface area contributed by atoms with Gasteiger partial charge in [-0.1, -0.05) is 12.1 Å². The molecule has 0 saturated carbocycles. The predicted octanol–water partition coefficient (Wildman–Crippen LogP) is 2.56. The van der Waals surface area contributed by atoms with Gasteiger partial charge in [0.2, 0.25) is 11.2 Å². The van der Waals surface area contributed by atoms with E-state index in [-0.39, 0.29) is 17.2 Å². The number of fused-ring (bicyclic) bond motifs is 1. The van der Waals surface area contributed by atoms with Crippen molar-refractivity contribution in [1.82, 2.24) is 14.9 Å². The lowest BCUT2D eigenvalue weighted by atomic mass is 10.2. The molecule has 1 aromatic carbocycles. The number of nitrogens with one attached hydrogen (secondary N) is 1. The monoisotopic (exact) mass is 292 g/mol. The number of benzene rings is 1. The van der Waals surface area contributed by atoms with Gasteiger partial charge in [0.1, 0.15) is 11.9 Å². The average molecular weight is 293 g/mol. The third-order valence-electron chi connectivity index (χ3n) is 3.15. The normalized spacial score (nSPS) is 12.2. The molecule has 1 N–H and O–H groups in total. The smallest absolute Gasteiger partial charge is 0.244 e. The number of likely N-dealkylation sites (N-methyl/N-ethyl adjacent to an activating group) is 1. The number of carbonyl (C=O) groups is 1. The number of anilines is 1. The fourth-order valence-corrected chi connectivity index (χ4v) is 2.09. The molecule has 0 fully saturated rings. The number of amides is 1. The van der Waals surface area contributed by atoms with Gasteiger partial charge >= 0.3 is 0 Å². The fraction of sp³-hybridized carbons (Fsp3) is 0.357. The van der Waals surface area contributed by atoms with Crippen LogP contribution in [-0.4, -0.2) is 40.4 Å². The summed E-state index contributed by atoms with van der Waals surface area (Å²) in [4.78, 5) is 22.1. The highest BCUT2D eigenvalue weighted by Gasteiger charge is 2.18. The third-order valence-corrected chi connectivity index (χ3v) is 3.32. The Morgan fingerprint density at radius 1 is 1.40 bits per heavy atom. The molecule has 0 radical (unpaired) electrons. The Morgan fingerprint density at radius 3 is 2.80 bits per heavy atom. The van der Waals surface area contributed by atoms with Crippen molar-refractivity contribution in [2.24, 2.45) is 0 Å². The number of para-hydroxylation sites is 1. The van der Waals surface area contributed by atoms with Crippen LogP contribution >= 0.6 is 11.6 Å². The van der Waals surface area contributed by atoms with Crippen LogP contribution in [0.2, 0.25) is 5.28 Å². The largest absolute Gasteiger partial charge is 0.358 e. The van der Waals surface area contributed by atoms with E-state index in [9.17, 15) is 4.79 Å². The van der Waals surface area contributed by atoms with Crippen molar-refractivity contribution in [2.45, 2.75) is 19.9 Å². The van der Waals surface area contributed by atoms with Crippen LogP contribution in [0.1, 0.15) is 13.8 Å². The topological polar surface area (TPSA) is 58.1 Å². The van der Waals surface area contributed by atoms with Gasteiger partial charge in [0, 0.05) is 19.0 Å². The highest BCUT2D eigenvalue weighted by Crippen LogP contribution is 2.22. The number of carbonyl (C=O) groups excluding carboxylic acids is 1. The molecule has 0 saturated heterocycles. The van der Waals surface area contributed by atoms with Gasteiger partial charge in [-0.2, -0.15) is 0 Å². The Balaban J connectivity index is 2.32. The van der Waals surface area contributed by atoms with Gasteiger partial charge in [0.05, 0.1) is 5.52 Å². The summed E-state index contributed by atoms with van der Waals surface area (Å²) in [7, 11) is 1.77. The zero-order valence-corrected chi connectivity index (χ0v) is 12.5. The van der Waals surface area contributed by atoms with Crippen molar-refractivity contribution >= 4 is 34.2 Å². The standard InChI is InChI=1S/C14H17ClN4O/c1-4-19(3)13(20)9(2)16-12-10-7-5-6-8-11(10)17-14(15)18-12/h5-9H,4H2,1-3H3,(H,16,17,18). The lowest BCUT2D eigenvalue weighted by Gasteiger charge is -2.21. The number of aromatic nitrogens is 2. The van der Waals surface area contributed by atoms with Gasteiger partial charge in [-0.15, -0.1) is 0 Å². The van der Waals surface area contributed by atoms with Gasteiger partial charge in [-0.3, -0.25) is 4.79 Å². The molecule has 2 rings (SSSR count). The fourth-order valence-electron chi connectivity index (χ4n) is 1.91. The Labute approximate surface area is 123 Å². The first-order chi connectivity index (χ1) is 9.52. The number of hydrogen-bond donors (Lipinski definition) is 1. The molecule has 0 aliphatic heterocycles. The number of nitrogens with zero attached hydrogens (tertiary/aromatic N) is 3. The van der Waals surface area contributed by atoms with E-state index in [1.54, 1.807) is 18.9 Å². The molecule has 1 unspecified atom stereocenters. The van der Waals surface area contributed by atoms with E-state index in [2.05, 4.69) is 15.3 Å². The van der Waals surface area contributed by atoms with Gasteiger partial charge < -0.3 is 10.2 Å². The summed E-state index contributed by atoms with van der Waals surface area (Å²) in [6.45, 7) is 4.40. The predicted molar refractivity (Wildman–Crippen MR) is 80.9 cm³/mol. The molecule has 0 aliphatic rings. The first-order valence-electron chi connectivity index (χ1n) is 6.46. The molecule has 2 aromatic rings. The van der Waals surface area contributed by atoms with Crippen LogP contribution in [-0.2, 0) is 4.79 Å². The van der Waals surface area contributed by atoms with E-state index >= 15 is 0 Å². The van der Waals surface area contributed by atoms with Gasteiger partial charge in [0.25, 0.3) is 0 Å². The van der Waals surface area contributed by atoms with Crippen molar-refractivity contribution in [3.8, 4) is 0 Å².